The molecular formula is C16H10I2. The average Bonchev–Trinajstić information content (AvgIpc) is 2.39. The van der Waals surface area contributed by atoms with Gasteiger partial charge in [0.1, 0.15) is 0 Å². The summed E-state index contributed by atoms with van der Waals surface area (Å²) in [7, 11) is 0. The molecule has 0 radical (unpaired) electrons. The van der Waals surface area contributed by atoms with E-state index in [4.69, 9.17) is 0 Å². The van der Waals surface area contributed by atoms with Crippen LogP contribution in [0, 0.1) is 19.0 Å². The van der Waals surface area contributed by atoms with E-state index in [0.717, 1.165) is 5.56 Å². The van der Waals surface area contributed by atoms with Crippen LogP contribution in [0.15, 0.2) is 54.6 Å². The number of rotatable bonds is 1. The zero-order valence-electron chi connectivity index (χ0n) is 9.53. The zero-order chi connectivity index (χ0) is 12.8. The van der Waals surface area contributed by atoms with Gasteiger partial charge in [-0.1, -0.05) is 24.0 Å². The Kier molecular flexibility index (Phi) is 5.26. The van der Waals surface area contributed by atoms with E-state index < -0.39 is 0 Å². The largest absolute Gasteiger partial charge is 0.0696 e. The van der Waals surface area contributed by atoms with Gasteiger partial charge >= 0.3 is 0 Å². The van der Waals surface area contributed by atoms with Crippen molar-refractivity contribution < 1.29 is 0 Å². The Morgan fingerprint density at radius 1 is 0.778 bits per heavy atom. The second-order valence-corrected chi connectivity index (χ2v) is 6.15. The van der Waals surface area contributed by atoms with Gasteiger partial charge in [0.05, 0.1) is 0 Å². The molecule has 2 heteroatoms. The Labute approximate surface area is 135 Å². The van der Waals surface area contributed by atoms with Crippen molar-refractivity contribution in [3.63, 3.8) is 0 Å². The molecule has 0 bridgehead atoms. The van der Waals surface area contributed by atoms with Gasteiger partial charge in [-0.2, -0.15) is 0 Å². The molecule has 88 valence electrons. The van der Waals surface area contributed by atoms with Gasteiger partial charge in [-0.05, 0) is 99.3 Å². The quantitative estimate of drug-likeness (QED) is 0.421. The van der Waals surface area contributed by atoms with Crippen LogP contribution in [0.4, 0.5) is 0 Å². The van der Waals surface area contributed by atoms with Gasteiger partial charge in [0.15, 0.2) is 0 Å². The molecule has 0 heterocycles. The molecule has 0 aromatic heterocycles. The van der Waals surface area contributed by atoms with Crippen molar-refractivity contribution in [3.8, 4) is 11.8 Å². The van der Waals surface area contributed by atoms with Gasteiger partial charge in [0.2, 0.25) is 0 Å². The fourth-order valence-electron chi connectivity index (χ4n) is 1.37. The number of benzene rings is 2. The summed E-state index contributed by atoms with van der Waals surface area (Å²) in [6.45, 7) is 0. The molecule has 0 aliphatic rings. The molecule has 2 aromatic rings. The molecular weight excluding hydrogens is 446 g/mol. The van der Waals surface area contributed by atoms with Gasteiger partial charge in [-0.3, -0.25) is 0 Å². The third kappa shape index (κ3) is 4.46. The summed E-state index contributed by atoms with van der Waals surface area (Å²) in [6.07, 6.45) is 3.91. The maximum atomic E-state index is 3.11. The third-order valence-electron chi connectivity index (χ3n) is 2.29. The topological polar surface area (TPSA) is 0 Å². The Bertz CT molecular complexity index is 596. The summed E-state index contributed by atoms with van der Waals surface area (Å²) in [6, 6.07) is 16.6. The molecule has 0 fully saturated rings. The highest BCUT2D eigenvalue weighted by Crippen LogP contribution is 2.08. The number of halogens is 2. The minimum Gasteiger partial charge on any atom is -0.0696 e. The molecule has 0 saturated heterocycles. The minimum atomic E-state index is 1.04. The molecule has 0 spiro atoms. The molecule has 0 aliphatic carbocycles. The Morgan fingerprint density at radius 2 is 1.33 bits per heavy atom. The van der Waals surface area contributed by atoms with E-state index in [2.05, 4.69) is 93.4 Å². The molecule has 0 atom stereocenters. The minimum absolute atomic E-state index is 1.04. The first-order valence-electron chi connectivity index (χ1n) is 5.43. The van der Waals surface area contributed by atoms with E-state index in [1.165, 1.54) is 12.7 Å². The number of hydrogen-bond donors (Lipinski definition) is 0. The molecule has 2 aromatic carbocycles. The van der Waals surface area contributed by atoms with Gasteiger partial charge in [-0.25, -0.2) is 0 Å². The standard InChI is InChI=1S/C16H10I2/c17-15-9-5-13(6-10-15)3-1-2-4-14-7-11-16(18)12-8-14/h1,3,5-12H. The molecule has 2 rings (SSSR count). The maximum absolute atomic E-state index is 3.11. The lowest BCUT2D eigenvalue weighted by molar-refractivity contribution is 1.60. The SMILES string of the molecule is Ic1ccc(C#CC=Cc2ccc(I)cc2)cc1. The normalized spacial score (nSPS) is 10.1. The van der Waals surface area contributed by atoms with Crippen LogP contribution in [0.2, 0.25) is 0 Å². The molecule has 18 heavy (non-hydrogen) atoms. The average molecular weight is 456 g/mol. The van der Waals surface area contributed by atoms with Gasteiger partial charge in [0.25, 0.3) is 0 Å². The van der Waals surface area contributed by atoms with Crippen molar-refractivity contribution >= 4 is 51.3 Å². The number of allylic oxidation sites excluding steroid dienone is 1. The fourth-order valence-corrected chi connectivity index (χ4v) is 2.09. The van der Waals surface area contributed by atoms with Crippen LogP contribution in [0.1, 0.15) is 11.1 Å². The first-order chi connectivity index (χ1) is 8.74. The first kappa shape index (κ1) is 13.6. The lowest BCUT2D eigenvalue weighted by Gasteiger charge is -1.91. The van der Waals surface area contributed by atoms with Gasteiger partial charge in [0, 0.05) is 12.7 Å². The van der Waals surface area contributed by atoms with Gasteiger partial charge < -0.3 is 0 Å². The van der Waals surface area contributed by atoms with Crippen molar-refractivity contribution in [2.45, 2.75) is 0 Å². The van der Waals surface area contributed by atoms with E-state index >= 15 is 0 Å². The van der Waals surface area contributed by atoms with Crippen LogP contribution in [0.3, 0.4) is 0 Å². The van der Waals surface area contributed by atoms with Crippen molar-refractivity contribution in [1.82, 2.24) is 0 Å². The predicted octanol–water partition coefficient (Wildman–Crippen LogP) is 4.96. The van der Waals surface area contributed by atoms with Crippen molar-refractivity contribution in [3.05, 3.63) is 72.9 Å². The van der Waals surface area contributed by atoms with E-state index in [1.54, 1.807) is 0 Å². The first-order valence-corrected chi connectivity index (χ1v) is 7.59. The predicted molar refractivity (Wildman–Crippen MR) is 94.2 cm³/mol. The second kappa shape index (κ2) is 6.95. The second-order valence-electron chi connectivity index (χ2n) is 3.66. The smallest absolute Gasteiger partial charge is 0.0249 e. The Balaban J connectivity index is 2.03. The van der Waals surface area contributed by atoms with Crippen LogP contribution in [-0.2, 0) is 0 Å². The van der Waals surface area contributed by atoms with Crippen LogP contribution >= 0.6 is 45.2 Å². The van der Waals surface area contributed by atoms with Crippen LogP contribution in [0.5, 0.6) is 0 Å². The fraction of sp³-hybridized carbons (Fsp3) is 0. The molecule has 0 aliphatic heterocycles. The highest BCUT2D eigenvalue weighted by Gasteiger charge is 1.87. The highest BCUT2D eigenvalue weighted by atomic mass is 127. The zero-order valence-corrected chi connectivity index (χ0v) is 13.8. The monoisotopic (exact) mass is 456 g/mol. The van der Waals surface area contributed by atoms with Crippen molar-refractivity contribution in [1.29, 1.82) is 0 Å². The molecule has 0 N–H and O–H groups in total. The summed E-state index contributed by atoms with van der Waals surface area (Å²) in [4.78, 5) is 0. The molecule has 0 amide bonds. The van der Waals surface area contributed by atoms with E-state index in [1.807, 2.05) is 24.3 Å². The summed E-state index contributed by atoms with van der Waals surface area (Å²) < 4.78 is 2.47. The van der Waals surface area contributed by atoms with Crippen LogP contribution in [-0.4, -0.2) is 0 Å². The summed E-state index contributed by atoms with van der Waals surface area (Å²) in [5, 5.41) is 0. The van der Waals surface area contributed by atoms with Crippen molar-refractivity contribution in [2.24, 2.45) is 0 Å². The van der Waals surface area contributed by atoms with Crippen LogP contribution in [0.25, 0.3) is 6.08 Å². The highest BCUT2D eigenvalue weighted by molar-refractivity contribution is 14.1. The molecule has 0 nitrogen and oxygen atoms in total. The molecule has 0 unspecified atom stereocenters. The summed E-state index contributed by atoms with van der Waals surface area (Å²) in [5.74, 6) is 6.16. The van der Waals surface area contributed by atoms with Gasteiger partial charge in [-0.15, -0.1) is 0 Å². The van der Waals surface area contributed by atoms with E-state index in [0.29, 0.717) is 0 Å². The summed E-state index contributed by atoms with van der Waals surface area (Å²) in [5.41, 5.74) is 2.22. The maximum Gasteiger partial charge on any atom is 0.0249 e. The van der Waals surface area contributed by atoms with Crippen molar-refractivity contribution in [2.75, 3.05) is 0 Å². The third-order valence-corrected chi connectivity index (χ3v) is 3.73. The lowest BCUT2D eigenvalue weighted by Crippen LogP contribution is -1.74. The van der Waals surface area contributed by atoms with Crippen LogP contribution < -0.4 is 0 Å². The van der Waals surface area contributed by atoms with E-state index in [9.17, 15) is 0 Å². The summed E-state index contributed by atoms with van der Waals surface area (Å²) >= 11 is 4.59. The molecule has 0 saturated carbocycles. The van der Waals surface area contributed by atoms with E-state index in [-0.39, 0.29) is 0 Å². The number of hydrogen-bond acceptors (Lipinski definition) is 0. The Hall–Kier alpha value is -0.800. The Morgan fingerprint density at radius 3 is 1.94 bits per heavy atom. The lowest BCUT2D eigenvalue weighted by atomic mass is 10.2.